The highest BCUT2D eigenvalue weighted by atomic mass is 19.1. The maximum absolute atomic E-state index is 13.2. The molecule has 0 saturated carbocycles. The lowest BCUT2D eigenvalue weighted by Gasteiger charge is -2.40. The quantitative estimate of drug-likeness (QED) is 0.649. The average molecular weight is 420 g/mol. The van der Waals surface area contributed by atoms with Gasteiger partial charge in [0.05, 0.1) is 17.8 Å². The summed E-state index contributed by atoms with van der Waals surface area (Å²) in [5, 5.41) is 0. The number of anilines is 2. The Bertz CT molecular complexity index is 1070. The van der Waals surface area contributed by atoms with Crippen LogP contribution in [0.2, 0.25) is 0 Å². The molecule has 2 aliphatic rings. The number of halogens is 1. The van der Waals surface area contributed by atoms with E-state index in [1.165, 1.54) is 12.1 Å². The van der Waals surface area contributed by atoms with Crippen molar-refractivity contribution in [2.45, 2.75) is 12.8 Å². The van der Waals surface area contributed by atoms with E-state index in [4.69, 9.17) is 0 Å². The lowest BCUT2D eigenvalue weighted by molar-refractivity contribution is -0.136. The predicted octanol–water partition coefficient (Wildman–Crippen LogP) is 2.73. The van der Waals surface area contributed by atoms with Crippen LogP contribution in [0.3, 0.4) is 0 Å². The molecule has 1 aromatic carbocycles. The highest BCUT2D eigenvalue weighted by Crippen LogP contribution is 2.26. The molecule has 1 amide bonds. The van der Waals surface area contributed by atoms with Crippen molar-refractivity contribution < 1.29 is 9.18 Å². The Morgan fingerprint density at radius 3 is 2.48 bits per heavy atom. The molecular weight excluding hydrogens is 395 g/mol. The van der Waals surface area contributed by atoms with Crippen LogP contribution in [0.15, 0.2) is 48.9 Å². The standard InChI is InChI=1S/C23H25FN6O/c24-18-3-5-19(6-4-18)28-10-12-29(13-11-28)23(31)17-2-1-9-30(16-17)20-14-21-22(27-15-20)26-8-7-25-21/h3-8,14-15,17H,1-2,9-13,16H2/t17-/m0/s1. The largest absolute Gasteiger partial charge is 0.369 e. The molecule has 160 valence electrons. The number of hydrogen-bond donors (Lipinski definition) is 0. The van der Waals surface area contributed by atoms with Crippen LogP contribution in [0.4, 0.5) is 15.8 Å². The fourth-order valence-electron chi connectivity index (χ4n) is 4.53. The van der Waals surface area contributed by atoms with Gasteiger partial charge in [0.25, 0.3) is 0 Å². The van der Waals surface area contributed by atoms with E-state index in [2.05, 4.69) is 24.8 Å². The Kier molecular flexibility index (Phi) is 5.36. The van der Waals surface area contributed by atoms with Gasteiger partial charge in [0, 0.05) is 57.3 Å². The lowest BCUT2D eigenvalue weighted by Crippen LogP contribution is -2.52. The molecule has 2 saturated heterocycles. The van der Waals surface area contributed by atoms with E-state index < -0.39 is 0 Å². The number of fused-ring (bicyclic) bond motifs is 1. The van der Waals surface area contributed by atoms with Gasteiger partial charge in [0.2, 0.25) is 5.91 Å². The maximum Gasteiger partial charge on any atom is 0.227 e. The van der Waals surface area contributed by atoms with Gasteiger partial charge in [-0.05, 0) is 43.2 Å². The van der Waals surface area contributed by atoms with Gasteiger partial charge in [-0.25, -0.2) is 14.4 Å². The molecule has 0 N–H and O–H groups in total. The molecule has 2 aromatic heterocycles. The third-order valence-corrected chi connectivity index (χ3v) is 6.23. The van der Waals surface area contributed by atoms with Crippen molar-refractivity contribution in [1.82, 2.24) is 19.9 Å². The first-order chi connectivity index (χ1) is 15.2. The Balaban J connectivity index is 1.22. The Hall–Kier alpha value is -3.29. The van der Waals surface area contributed by atoms with Crippen LogP contribution in [0.1, 0.15) is 12.8 Å². The zero-order valence-corrected chi connectivity index (χ0v) is 17.3. The number of pyridine rings is 1. The van der Waals surface area contributed by atoms with Crippen LogP contribution >= 0.6 is 0 Å². The van der Waals surface area contributed by atoms with Crippen molar-refractivity contribution >= 4 is 28.4 Å². The summed E-state index contributed by atoms with van der Waals surface area (Å²) in [6.45, 7) is 4.53. The normalized spacial score (nSPS) is 19.6. The predicted molar refractivity (Wildman–Crippen MR) is 117 cm³/mol. The van der Waals surface area contributed by atoms with E-state index >= 15 is 0 Å². The van der Waals surface area contributed by atoms with E-state index in [9.17, 15) is 9.18 Å². The number of aromatic nitrogens is 3. The number of piperazine rings is 1. The van der Waals surface area contributed by atoms with Crippen molar-refractivity contribution in [1.29, 1.82) is 0 Å². The number of rotatable bonds is 3. The molecule has 2 aliphatic heterocycles. The highest BCUT2D eigenvalue weighted by Gasteiger charge is 2.31. The molecule has 3 aromatic rings. The third-order valence-electron chi connectivity index (χ3n) is 6.23. The second-order valence-electron chi connectivity index (χ2n) is 8.17. The zero-order chi connectivity index (χ0) is 21.2. The minimum absolute atomic E-state index is 0.0105. The summed E-state index contributed by atoms with van der Waals surface area (Å²) < 4.78 is 13.2. The molecule has 4 heterocycles. The molecule has 1 atom stereocenters. The highest BCUT2D eigenvalue weighted by molar-refractivity contribution is 5.80. The first-order valence-electron chi connectivity index (χ1n) is 10.8. The molecule has 0 bridgehead atoms. The van der Waals surface area contributed by atoms with Crippen molar-refractivity contribution in [3.8, 4) is 0 Å². The molecule has 0 spiro atoms. The smallest absolute Gasteiger partial charge is 0.227 e. The summed E-state index contributed by atoms with van der Waals surface area (Å²) >= 11 is 0. The number of carbonyl (C=O) groups is 1. The first-order valence-corrected chi connectivity index (χ1v) is 10.8. The van der Waals surface area contributed by atoms with Gasteiger partial charge in [0.15, 0.2) is 5.65 Å². The summed E-state index contributed by atoms with van der Waals surface area (Å²) in [4.78, 5) is 32.6. The van der Waals surface area contributed by atoms with Crippen LogP contribution in [-0.2, 0) is 4.79 Å². The molecular formula is C23H25FN6O. The SMILES string of the molecule is O=C([C@H]1CCCN(c2cnc3nccnc3c2)C1)N1CCN(c2ccc(F)cc2)CC1. The van der Waals surface area contributed by atoms with Crippen molar-refractivity contribution in [3.05, 3.63) is 54.7 Å². The fourth-order valence-corrected chi connectivity index (χ4v) is 4.53. The Labute approximate surface area is 180 Å². The van der Waals surface area contributed by atoms with E-state index in [1.807, 2.05) is 17.2 Å². The van der Waals surface area contributed by atoms with E-state index in [0.29, 0.717) is 25.3 Å². The minimum atomic E-state index is -0.229. The summed E-state index contributed by atoms with van der Waals surface area (Å²) in [6, 6.07) is 8.57. The second-order valence-corrected chi connectivity index (χ2v) is 8.17. The molecule has 0 aliphatic carbocycles. The zero-order valence-electron chi connectivity index (χ0n) is 17.3. The van der Waals surface area contributed by atoms with Crippen LogP contribution < -0.4 is 9.80 Å². The van der Waals surface area contributed by atoms with Gasteiger partial charge in [0.1, 0.15) is 11.3 Å². The molecule has 31 heavy (non-hydrogen) atoms. The molecule has 5 rings (SSSR count). The number of piperidine rings is 1. The lowest BCUT2D eigenvalue weighted by atomic mass is 9.95. The van der Waals surface area contributed by atoms with E-state index in [1.54, 1.807) is 24.5 Å². The monoisotopic (exact) mass is 420 g/mol. The van der Waals surface area contributed by atoms with E-state index in [-0.39, 0.29) is 17.6 Å². The molecule has 2 fully saturated rings. The molecule has 7 nitrogen and oxygen atoms in total. The van der Waals surface area contributed by atoms with Crippen molar-refractivity contribution in [2.75, 3.05) is 49.1 Å². The average Bonchev–Trinajstić information content (AvgIpc) is 2.84. The molecule has 0 unspecified atom stereocenters. The van der Waals surface area contributed by atoms with Crippen molar-refractivity contribution in [2.24, 2.45) is 5.92 Å². The number of hydrogen-bond acceptors (Lipinski definition) is 6. The van der Waals surface area contributed by atoms with Gasteiger partial charge in [-0.15, -0.1) is 0 Å². The van der Waals surface area contributed by atoms with Crippen LogP contribution in [0.25, 0.3) is 11.2 Å². The third kappa shape index (κ3) is 4.15. The Morgan fingerprint density at radius 2 is 1.68 bits per heavy atom. The maximum atomic E-state index is 13.2. The van der Waals surface area contributed by atoms with Crippen LogP contribution in [-0.4, -0.2) is 65.0 Å². The molecule has 8 heteroatoms. The minimum Gasteiger partial charge on any atom is -0.369 e. The summed E-state index contributed by atoms with van der Waals surface area (Å²) in [5.41, 5.74) is 3.40. The van der Waals surface area contributed by atoms with Gasteiger partial charge in [-0.2, -0.15) is 0 Å². The van der Waals surface area contributed by atoms with Gasteiger partial charge >= 0.3 is 0 Å². The van der Waals surface area contributed by atoms with E-state index in [0.717, 1.165) is 49.4 Å². The second kappa shape index (κ2) is 8.45. The van der Waals surface area contributed by atoms with Crippen LogP contribution in [0, 0.1) is 11.7 Å². The van der Waals surface area contributed by atoms with Gasteiger partial charge in [-0.3, -0.25) is 9.78 Å². The summed E-state index contributed by atoms with van der Waals surface area (Å²) in [6.07, 6.45) is 7.02. The summed E-state index contributed by atoms with van der Waals surface area (Å²) in [7, 11) is 0. The number of amides is 1. The summed E-state index contributed by atoms with van der Waals surface area (Å²) in [5.74, 6) is -0.00579. The number of nitrogens with zero attached hydrogens (tertiary/aromatic N) is 6. The first kappa shape index (κ1) is 19.7. The number of benzene rings is 1. The molecule has 0 radical (unpaired) electrons. The number of carbonyl (C=O) groups excluding carboxylic acids is 1. The van der Waals surface area contributed by atoms with Gasteiger partial charge < -0.3 is 14.7 Å². The van der Waals surface area contributed by atoms with Crippen molar-refractivity contribution in [3.63, 3.8) is 0 Å². The Morgan fingerprint density at radius 1 is 0.903 bits per heavy atom. The van der Waals surface area contributed by atoms with Crippen LogP contribution in [0.5, 0.6) is 0 Å². The fraction of sp³-hybridized carbons (Fsp3) is 0.391. The van der Waals surface area contributed by atoms with Gasteiger partial charge in [-0.1, -0.05) is 0 Å². The topological polar surface area (TPSA) is 65.5 Å².